The normalized spacial score (nSPS) is 13.4. The van der Waals surface area contributed by atoms with Crippen LogP contribution in [0.5, 0.6) is 0 Å². The molecule has 2 aromatic carbocycles. The van der Waals surface area contributed by atoms with Gasteiger partial charge in [-0.2, -0.15) is 5.10 Å². The molecule has 0 atom stereocenters. The lowest BCUT2D eigenvalue weighted by molar-refractivity contribution is 0.0516. The number of benzene rings is 2. The Bertz CT molecular complexity index is 1260. The predicted octanol–water partition coefficient (Wildman–Crippen LogP) is 3.88. The van der Waals surface area contributed by atoms with Crippen LogP contribution in [0.25, 0.3) is 11.8 Å². The molecule has 0 spiro atoms. The number of hydrazone groups is 1. The summed E-state index contributed by atoms with van der Waals surface area (Å²) in [5.41, 5.74) is 6.59. The molecule has 1 aromatic heterocycles. The molecular weight excluding hydrogens is 425 g/mol. The zero-order valence-electron chi connectivity index (χ0n) is 18.2. The minimum atomic E-state index is -0.539. The average molecular weight is 447 g/mol. The number of imidazole rings is 1. The summed E-state index contributed by atoms with van der Waals surface area (Å²) in [6.45, 7) is 2.13. The van der Waals surface area contributed by atoms with Gasteiger partial charge in [-0.25, -0.2) is 14.2 Å². The molecule has 2 aliphatic rings. The fourth-order valence-electron chi connectivity index (χ4n) is 3.53. The summed E-state index contributed by atoms with van der Waals surface area (Å²) in [6.07, 6.45) is 7.13. The molecule has 0 fully saturated rings. The zero-order chi connectivity index (χ0) is 23.4. The lowest BCUT2D eigenvalue weighted by atomic mass is 10.1. The average Bonchev–Trinajstić information content (AvgIpc) is 3.02. The van der Waals surface area contributed by atoms with Crippen molar-refractivity contribution in [2.24, 2.45) is 5.10 Å². The number of anilines is 1. The van der Waals surface area contributed by atoms with E-state index in [-0.39, 0.29) is 30.3 Å². The highest BCUT2D eigenvalue weighted by Crippen LogP contribution is 2.26. The van der Waals surface area contributed by atoms with Crippen molar-refractivity contribution >= 4 is 29.9 Å². The van der Waals surface area contributed by atoms with Gasteiger partial charge in [0.1, 0.15) is 12.1 Å². The SMILES string of the molecule is C1=Cc2ccccc2NN=C1.CCOC(=O)c1ncn2c1CN(C)C(=O)c1cc(F)ccc1-2. The van der Waals surface area contributed by atoms with Gasteiger partial charge < -0.3 is 9.64 Å². The maximum Gasteiger partial charge on any atom is 0.358 e. The van der Waals surface area contributed by atoms with E-state index in [4.69, 9.17) is 4.74 Å². The first kappa shape index (κ1) is 21.9. The largest absolute Gasteiger partial charge is 0.461 e. The van der Waals surface area contributed by atoms with Crippen molar-refractivity contribution in [3.8, 4) is 5.69 Å². The van der Waals surface area contributed by atoms with Gasteiger partial charge in [0.05, 0.1) is 35.8 Å². The number of halogens is 1. The van der Waals surface area contributed by atoms with E-state index in [9.17, 15) is 14.0 Å². The van der Waals surface area contributed by atoms with E-state index in [1.807, 2.05) is 36.4 Å². The third-order valence-corrected chi connectivity index (χ3v) is 5.10. The molecular formula is C24H22FN5O3. The number of amides is 1. The molecule has 168 valence electrons. The number of carbonyl (C=O) groups excluding carboxylic acids is 2. The Morgan fingerprint density at radius 2 is 2.06 bits per heavy atom. The predicted molar refractivity (Wildman–Crippen MR) is 123 cm³/mol. The molecule has 1 N–H and O–H groups in total. The van der Waals surface area contributed by atoms with E-state index in [0.29, 0.717) is 11.4 Å². The van der Waals surface area contributed by atoms with Crippen LogP contribution in [-0.2, 0) is 11.3 Å². The number of carbonyl (C=O) groups is 2. The van der Waals surface area contributed by atoms with Gasteiger partial charge in [0.25, 0.3) is 5.91 Å². The van der Waals surface area contributed by atoms with Gasteiger partial charge in [-0.15, -0.1) is 0 Å². The molecule has 0 unspecified atom stereocenters. The highest BCUT2D eigenvalue weighted by atomic mass is 19.1. The number of fused-ring (bicyclic) bond motifs is 4. The Kier molecular flexibility index (Phi) is 6.30. The van der Waals surface area contributed by atoms with E-state index in [0.717, 1.165) is 5.69 Å². The van der Waals surface area contributed by atoms with Crippen molar-refractivity contribution in [2.45, 2.75) is 13.5 Å². The Hall–Kier alpha value is -4.27. The van der Waals surface area contributed by atoms with E-state index in [1.54, 1.807) is 24.8 Å². The van der Waals surface area contributed by atoms with Crippen LogP contribution in [0.1, 0.15) is 39.0 Å². The van der Waals surface area contributed by atoms with Crippen molar-refractivity contribution < 1.29 is 18.7 Å². The molecule has 3 heterocycles. The number of hydrogen-bond donors (Lipinski definition) is 1. The third-order valence-electron chi connectivity index (χ3n) is 5.10. The molecule has 1 amide bonds. The van der Waals surface area contributed by atoms with Crippen LogP contribution in [0.3, 0.4) is 0 Å². The molecule has 0 aliphatic carbocycles. The smallest absolute Gasteiger partial charge is 0.358 e. The fraction of sp³-hybridized carbons (Fsp3) is 0.167. The van der Waals surface area contributed by atoms with Gasteiger partial charge in [0, 0.05) is 13.3 Å². The standard InChI is InChI=1S/C15H14FN3O3.C9H8N2/c1-3-22-15(21)13-12-7-18(2)14(20)10-6-9(16)4-5-11(10)19(12)8-17-13;1-2-6-9-8(4-1)5-3-7-10-11-9/h4-6,8H,3,7H2,1-2H3;1-7,11H. The van der Waals surface area contributed by atoms with E-state index in [1.165, 1.54) is 35.0 Å². The lowest BCUT2D eigenvalue weighted by Gasteiger charge is -2.14. The summed E-state index contributed by atoms with van der Waals surface area (Å²) < 4.78 is 20.1. The van der Waals surface area contributed by atoms with Gasteiger partial charge in [-0.1, -0.05) is 24.3 Å². The Labute approximate surface area is 190 Å². The van der Waals surface area contributed by atoms with Crippen LogP contribution >= 0.6 is 0 Å². The maximum absolute atomic E-state index is 13.5. The molecule has 2 aliphatic heterocycles. The number of nitrogens with one attached hydrogen (secondary N) is 1. The topological polar surface area (TPSA) is 88.8 Å². The van der Waals surface area contributed by atoms with Crippen LogP contribution in [0.4, 0.5) is 10.1 Å². The fourth-order valence-corrected chi connectivity index (χ4v) is 3.53. The summed E-state index contributed by atoms with van der Waals surface area (Å²) in [5, 5.41) is 3.95. The number of ether oxygens (including phenoxy) is 1. The highest BCUT2D eigenvalue weighted by molar-refractivity contribution is 5.99. The number of hydrogen-bond acceptors (Lipinski definition) is 6. The van der Waals surface area contributed by atoms with E-state index >= 15 is 0 Å². The van der Waals surface area contributed by atoms with E-state index in [2.05, 4.69) is 15.5 Å². The lowest BCUT2D eigenvalue weighted by Crippen LogP contribution is -2.26. The van der Waals surface area contributed by atoms with Gasteiger partial charge in [-0.3, -0.25) is 14.8 Å². The zero-order valence-corrected chi connectivity index (χ0v) is 18.2. The highest BCUT2D eigenvalue weighted by Gasteiger charge is 2.29. The molecule has 0 saturated heterocycles. The van der Waals surface area contributed by atoms with Crippen molar-refractivity contribution in [2.75, 3.05) is 19.1 Å². The minimum Gasteiger partial charge on any atom is -0.461 e. The quantitative estimate of drug-likeness (QED) is 0.602. The van der Waals surface area contributed by atoms with Gasteiger partial charge in [0.2, 0.25) is 0 Å². The van der Waals surface area contributed by atoms with Gasteiger partial charge >= 0.3 is 5.97 Å². The number of rotatable bonds is 2. The van der Waals surface area contributed by atoms with Crippen LogP contribution in [-0.4, -0.2) is 46.2 Å². The molecule has 5 rings (SSSR count). The maximum atomic E-state index is 13.5. The molecule has 33 heavy (non-hydrogen) atoms. The Morgan fingerprint density at radius 1 is 1.24 bits per heavy atom. The number of esters is 1. The Morgan fingerprint density at radius 3 is 2.88 bits per heavy atom. The third kappa shape index (κ3) is 4.52. The van der Waals surface area contributed by atoms with Crippen LogP contribution in [0.15, 0.2) is 60.0 Å². The number of nitrogens with zero attached hydrogens (tertiary/aromatic N) is 4. The second-order valence-electron chi connectivity index (χ2n) is 7.29. The molecule has 8 nitrogen and oxygen atoms in total. The summed E-state index contributed by atoms with van der Waals surface area (Å²) in [7, 11) is 1.59. The molecule has 3 aromatic rings. The van der Waals surface area contributed by atoms with Crippen LogP contribution < -0.4 is 5.43 Å². The first-order valence-electron chi connectivity index (χ1n) is 10.3. The number of allylic oxidation sites excluding steroid dienone is 1. The molecule has 0 radical (unpaired) electrons. The molecule has 0 saturated carbocycles. The summed E-state index contributed by atoms with van der Waals surface area (Å²) in [4.78, 5) is 29.9. The second kappa shape index (κ2) is 9.47. The minimum absolute atomic E-state index is 0.165. The van der Waals surface area contributed by atoms with Crippen LogP contribution in [0.2, 0.25) is 0 Å². The monoisotopic (exact) mass is 447 g/mol. The van der Waals surface area contributed by atoms with Crippen molar-refractivity contribution in [1.29, 1.82) is 0 Å². The summed E-state index contributed by atoms with van der Waals surface area (Å²) >= 11 is 0. The van der Waals surface area contributed by atoms with Crippen molar-refractivity contribution in [3.05, 3.63) is 83.2 Å². The first-order chi connectivity index (χ1) is 16.0. The summed E-state index contributed by atoms with van der Waals surface area (Å²) in [5.74, 6) is -1.34. The van der Waals surface area contributed by atoms with Crippen molar-refractivity contribution in [3.63, 3.8) is 0 Å². The van der Waals surface area contributed by atoms with Crippen LogP contribution in [0, 0.1) is 5.82 Å². The first-order valence-corrected chi connectivity index (χ1v) is 10.3. The van der Waals surface area contributed by atoms with Gasteiger partial charge in [-0.05, 0) is 42.8 Å². The van der Waals surface area contributed by atoms with Gasteiger partial charge in [0.15, 0.2) is 5.69 Å². The number of para-hydroxylation sites is 1. The second-order valence-corrected chi connectivity index (χ2v) is 7.29. The summed E-state index contributed by atoms with van der Waals surface area (Å²) in [6, 6.07) is 12.0. The Balaban J connectivity index is 0.000000196. The number of aromatic nitrogens is 2. The van der Waals surface area contributed by atoms with Crippen molar-refractivity contribution in [1.82, 2.24) is 14.5 Å². The molecule has 9 heteroatoms. The van der Waals surface area contributed by atoms with E-state index < -0.39 is 11.8 Å². The molecule has 0 bridgehead atoms.